The van der Waals surface area contributed by atoms with Crippen molar-refractivity contribution in [3.63, 3.8) is 0 Å². The van der Waals surface area contributed by atoms with Crippen molar-refractivity contribution < 1.29 is 22.7 Å². The van der Waals surface area contributed by atoms with E-state index in [2.05, 4.69) is 21.2 Å². The first-order chi connectivity index (χ1) is 21.5. The Morgan fingerprint density at radius 1 is 0.867 bits per heavy atom. The maximum Gasteiger partial charge on any atom is 0.264 e. The number of rotatable bonds is 13. The Hall–Kier alpha value is -4.15. The van der Waals surface area contributed by atoms with Crippen LogP contribution in [0.25, 0.3) is 0 Å². The third-order valence-corrected chi connectivity index (χ3v) is 9.80. The standard InChI is InChI=1S/C35H38BrN3O5S/c1-5-37-35(41)32(21-27-9-7-6-8-10-27)38(23-28-15-11-25(2)12-16-28)34(40)24-39(29-17-13-26(3)14-18-29)45(42,43)30-19-20-33(44-4)31(36)22-30/h6-20,22,32H,5,21,23-24H2,1-4H3,(H,37,41). The Bertz CT molecular complexity index is 1710. The fourth-order valence-electron chi connectivity index (χ4n) is 4.91. The van der Waals surface area contributed by atoms with Crippen LogP contribution in [0.5, 0.6) is 5.75 Å². The Morgan fingerprint density at radius 3 is 2.07 bits per heavy atom. The minimum atomic E-state index is -4.24. The summed E-state index contributed by atoms with van der Waals surface area (Å²) in [6.07, 6.45) is 0.257. The van der Waals surface area contributed by atoms with E-state index < -0.39 is 28.5 Å². The number of likely N-dealkylation sites (N-methyl/N-ethyl adjacent to an activating group) is 1. The molecule has 10 heteroatoms. The predicted molar refractivity (Wildman–Crippen MR) is 181 cm³/mol. The number of aryl methyl sites for hydroxylation is 2. The van der Waals surface area contributed by atoms with E-state index in [-0.39, 0.29) is 23.8 Å². The number of nitrogens with zero attached hydrogens (tertiary/aromatic N) is 2. The second-order valence-corrected chi connectivity index (χ2v) is 13.5. The van der Waals surface area contributed by atoms with Gasteiger partial charge >= 0.3 is 0 Å². The van der Waals surface area contributed by atoms with Crippen molar-refractivity contribution in [1.82, 2.24) is 10.2 Å². The van der Waals surface area contributed by atoms with Gasteiger partial charge in [0.15, 0.2) is 0 Å². The number of hydrogen-bond donors (Lipinski definition) is 1. The van der Waals surface area contributed by atoms with Gasteiger partial charge in [-0.15, -0.1) is 0 Å². The molecule has 45 heavy (non-hydrogen) atoms. The molecule has 2 amide bonds. The van der Waals surface area contributed by atoms with E-state index in [1.807, 2.05) is 75.4 Å². The zero-order chi connectivity index (χ0) is 32.6. The predicted octanol–water partition coefficient (Wildman–Crippen LogP) is 6.05. The quantitative estimate of drug-likeness (QED) is 0.184. The topological polar surface area (TPSA) is 96.0 Å². The molecule has 1 atom stereocenters. The van der Waals surface area contributed by atoms with Gasteiger partial charge in [-0.05, 0) is 78.2 Å². The number of nitrogens with one attached hydrogen (secondary N) is 1. The van der Waals surface area contributed by atoms with Crippen LogP contribution < -0.4 is 14.4 Å². The summed E-state index contributed by atoms with van der Waals surface area (Å²) >= 11 is 3.38. The molecule has 4 aromatic carbocycles. The van der Waals surface area contributed by atoms with Crippen molar-refractivity contribution in [2.24, 2.45) is 0 Å². The molecule has 0 fully saturated rings. The van der Waals surface area contributed by atoms with Gasteiger partial charge in [0.25, 0.3) is 10.0 Å². The number of hydrogen-bond acceptors (Lipinski definition) is 5. The second kappa shape index (κ2) is 15.2. The molecule has 0 aliphatic rings. The van der Waals surface area contributed by atoms with Crippen LogP contribution >= 0.6 is 15.9 Å². The van der Waals surface area contributed by atoms with E-state index in [1.54, 1.807) is 30.3 Å². The summed E-state index contributed by atoms with van der Waals surface area (Å²) in [6, 6.07) is 27.7. The van der Waals surface area contributed by atoms with Crippen LogP contribution in [-0.4, -0.2) is 51.4 Å². The number of halogens is 1. The van der Waals surface area contributed by atoms with Gasteiger partial charge in [-0.1, -0.05) is 77.9 Å². The molecule has 0 spiro atoms. The lowest BCUT2D eigenvalue weighted by Crippen LogP contribution is -2.53. The minimum Gasteiger partial charge on any atom is -0.496 e. The molecule has 0 aromatic heterocycles. The number of ether oxygens (including phenoxy) is 1. The maximum atomic E-state index is 14.5. The lowest BCUT2D eigenvalue weighted by molar-refractivity contribution is -0.140. The van der Waals surface area contributed by atoms with Gasteiger partial charge in [-0.25, -0.2) is 8.42 Å². The van der Waals surface area contributed by atoms with Gasteiger partial charge in [0, 0.05) is 19.5 Å². The van der Waals surface area contributed by atoms with Gasteiger partial charge in [-0.2, -0.15) is 0 Å². The summed E-state index contributed by atoms with van der Waals surface area (Å²) in [6.45, 7) is 5.67. The molecule has 1 N–H and O–H groups in total. The van der Waals surface area contributed by atoms with Crippen molar-refractivity contribution in [1.29, 1.82) is 0 Å². The molecule has 0 saturated heterocycles. The number of sulfonamides is 1. The van der Waals surface area contributed by atoms with Crippen LogP contribution in [0.4, 0.5) is 5.69 Å². The van der Waals surface area contributed by atoms with Crippen LogP contribution in [-0.2, 0) is 32.6 Å². The van der Waals surface area contributed by atoms with E-state index in [9.17, 15) is 18.0 Å². The van der Waals surface area contributed by atoms with Crippen molar-refractivity contribution >= 4 is 43.5 Å². The SMILES string of the molecule is CCNC(=O)C(Cc1ccccc1)N(Cc1ccc(C)cc1)C(=O)CN(c1ccc(C)cc1)S(=O)(=O)c1ccc(OC)c(Br)c1. The summed E-state index contributed by atoms with van der Waals surface area (Å²) in [7, 11) is -2.74. The van der Waals surface area contributed by atoms with Crippen LogP contribution in [0.1, 0.15) is 29.2 Å². The van der Waals surface area contributed by atoms with Crippen LogP contribution in [0.3, 0.4) is 0 Å². The third kappa shape index (κ3) is 8.52. The molecule has 0 heterocycles. The Morgan fingerprint density at radius 2 is 1.49 bits per heavy atom. The number of benzene rings is 4. The molecule has 236 valence electrons. The molecule has 4 rings (SSSR count). The Labute approximate surface area is 274 Å². The Balaban J connectivity index is 1.80. The smallest absolute Gasteiger partial charge is 0.264 e. The molecule has 0 saturated carbocycles. The molecule has 0 aliphatic carbocycles. The zero-order valence-corrected chi connectivity index (χ0v) is 28.3. The van der Waals surface area contributed by atoms with Gasteiger partial charge in [0.05, 0.1) is 22.2 Å². The number of carbonyl (C=O) groups excluding carboxylic acids is 2. The van der Waals surface area contributed by atoms with Gasteiger partial charge in [0.1, 0.15) is 18.3 Å². The van der Waals surface area contributed by atoms with Crippen LogP contribution in [0.15, 0.2) is 106 Å². The summed E-state index contributed by atoms with van der Waals surface area (Å²) < 4.78 is 35.3. The minimum absolute atomic E-state index is 0.0156. The number of carbonyl (C=O) groups is 2. The molecule has 0 aliphatic heterocycles. The summed E-state index contributed by atoms with van der Waals surface area (Å²) in [5, 5.41) is 2.88. The highest BCUT2D eigenvalue weighted by Gasteiger charge is 2.34. The van der Waals surface area contributed by atoms with Crippen molar-refractivity contribution in [2.45, 2.75) is 44.7 Å². The molecule has 8 nitrogen and oxygen atoms in total. The summed E-state index contributed by atoms with van der Waals surface area (Å²) in [5.74, 6) is -0.355. The van der Waals surface area contributed by atoms with Gasteiger partial charge in [0.2, 0.25) is 11.8 Å². The highest BCUT2D eigenvalue weighted by Crippen LogP contribution is 2.31. The second-order valence-electron chi connectivity index (χ2n) is 10.8. The first-order valence-corrected chi connectivity index (χ1v) is 16.9. The largest absolute Gasteiger partial charge is 0.496 e. The molecule has 4 aromatic rings. The van der Waals surface area contributed by atoms with Crippen molar-refractivity contribution in [3.8, 4) is 5.75 Å². The highest BCUT2D eigenvalue weighted by molar-refractivity contribution is 9.10. The number of methoxy groups -OCH3 is 1. The van der Waals surface area contributed by atoms with Gasteiger partial charge in [-0.3, -0.25) is 13.9 Å². The average Bonchev–Trinajstić information content (AvgIpc) is 3.03. The summed E-state index contributed by atoms with van der Waals surface area (Å²) in [4.78, 5) is 29.5. The van der Waals surface area contributed by atoms with E-state index in [4.69, 9.17) is 4.74 Å². The number of amides is 2. The monoisotopic (exact) mass is 691 g/mol. The lowest BCUT2D eigenvalue weighted by Gasteiger charge is -2.34. The van der Waals surface area contributed by atoms with E-state index in [1.165, 1.54) is 24.1 Å². The van der Waals surface area contributed by atoms with Crippen LogP contribution in [0, 0.1) is 13.8 Å². The first kappa shape index (κ1) is 33.7. The molecular formula is C35H38BrN3O5S. The molecule has 0 radical (unpaired) electrons. The summed E-state index contributed by atoms with van der Waals surface area (Å²) in [5.41, 5.74) is 4.02. The first-order valence-electron chi connectivity index (χ1n) is 14.6. The van der Waals surface area contributed by atoms with E-state index in [0.717, 1.165) is 26.6 Å². The fourth-order valence-corrected chi connectivity index (χ4v) is 7.04. The zero-order valence-electron chi connectivity index (χ0n) is 25.9. The maximum absolute atomic E-state index is 14.5. The van der Waals surface area contributed by atoms with Gasteiger partial charge < -0.3 is 15.0 Å². The van der Waals surface area contributed by atoms with Crippen molar-refractivity contribution in [2.75, 3.05) is 24.5 Å². The average molecular weight is 693 g/mol. The van der Waals surface area contributed by atoms with Crippen molar-refractivity contribution in [3.05, 3.63) is 124 Å². The van der Waals surface area contributed by atoms with E-state index in [0.29, 0.717) is 22.5 Å². The molecular weight excluding hydrogens is 654 g/mol. The fraction of sp³-hybridized carbons (Fsp3) is 0.257. The molecule has 1 unspecified atom stereocenters. The normalized spacial score (nSPS) is 11.8. The highest BCUT2D eigenvalue weighted by atomic mass is 79.9. The Kier molecular flexibility index (Phi) is 11.4. The van der Waals surface area contributed by atoms with Crippen LogP contribution in [0.2, 0.25) is 0 Å². The van der Waals surface area contributed by atoms with E-state index >= 15 is 0 Å². The number of anilines is 1. The molecule has 0 bridgehead atoms. The lowest BCUT2D eigenvalue weighted by atomic mass is 10.0. The third-order valence-electron chi connectivity index (χ3n) is 7.41.